The molecule has 9 heteroatoms. The molecule has 1 aromatic carbocycles. The minimum atomic E-state index is -0.638. The monoisotopic (exact) mass is 485 g/mol. The average molecular weight is 486 g/mol. The van der Waals surface area contributed by atoms with Crippen molar-refractivity contribution in [1.82, 2.24) is 14.5 Å². The van der Waals surface area contributed by atoms with Gasteiger partial charge in [-0.3, -0.25) is 24.0 Å². The lowest BCUT2D eigenvalue weighted by atomic mass is 10.1. The third-order valence-corrected chi connectivity index (χ3v) is 7.34. The molecule has 0 aliphatic heterocycles. The van der Waals surface area contributed by atoms with Gasteiger partial charge in [0, 0.05) is 30.2 Å². The number of anilines is 2. The number of nitrogens with zero attached hydrogens (tertiary/aromatic N) is 3. The summed E-state index contributed by atoms with van der Waals surface area (Å²) < 4.78 is 15.9. The molecule has 2 fully saturated rings. The molecule has 2 aromatic rings. The molecule has 1 unspecified atom stereocenters. The van der Waals surface area contributed by atoms with Crippen LogP contribution in [0.2, 0.25) is 0 Å². The number of nitrogen functional groups attached to an aromatic ring is 1. The summed E-state index contributed by atoms with van der Waals surface area (Å²) in [5.74, 6) is -0.508. The van der Waals surface area contributed by atoms with Crippen molar-refractivity contribution >= 4 is 17.4 Å². The van der Waals surface area contributed by atoms with Gasteiger partial charge in [-0.05, 0) is 45.1 Å². The first-order valence-corrected chi connectivity index (χ1v) is 12.8. The van der Waals surface area contributed by atoms with Gasteiger partial charge in [0.1, 0.15) is 11.6 Å². The van der Waals surface area contributed by atoms with E-state index in [1.165, 1.54) is 15.5 Å². The van der Waals surface area contributed by atoms with Gasteiger partial charge in [0.05, 0.1) is 6.54 Å². The van der Waals surface area contributed by atoms with Crippen molar-refractivity contribution < 1.29 is 9.18 Å². The van der Waals surface area contributed by atoms with Gasteiger partial charge in [-0.2, -0.15) is 0 Å². The van der Waals surface area contributed by atoms with Crippen LogP contribution in [0.5, 0.6) is 0 Å². The van der Waals surface area contributed by atoms with Crippen LogP contribution < -0.4 is 21.9 Å². The van der Waals surface area contributed by atoms with Gasteiger partial charge in [0.25, 0.3) is 5.56 Å². The second kappa shape index (κ2) is 10.8. The number of hydrogen-bond acceptors (Lipinski definition) is 5. The quantitative estimate of drug-likeness (QED) is 0.536. The summed E-state index contributed by atoms with van der Waals surface area (Å²) in [6, 6.07) is 6.37. The molecular formula is C26H36FN5O3. The molecule has 1 aromatic heterocycles. The maximum Gasteiger partial charge on any atom is 0.330 e. The van der Waals surface area contributed by atoms with Gasteiger partial charge in [-0.1, -0.05) is 44.4 Å². The summed E-state index contributed by atoms with van der Waals surface area (Å²) in [5.41, 5.74) is 5.80. The fourth-order valence-electron chi connectivity index (χ4n) is 5.24. The molecule has 2 saturated carbocycles. The number of halogens is 1. The van der Waals surface area contributed by atoms with E-state index in [9.17, 15) is 18.8 Å². The molecule has 1 heterocycles. The SMILES string of the molecule is CCCCn1c(N)c(N(C(=O)CN(C2CC2)C(C)c2ccccc2F)C2CCCC2)c(=O)[nH]c1=O. The summed E-state index contributed by atoms with van der Waals surface area (Å²) in [7, 11) is 0. The molecule has 35 heavy (non-hydrogen) atoms. The van der Waals surface area contributed by atoms with Crippen LogP contribution in [-0.2, 0) is 11.3 Å². The van der Waals surface area contributed by atoms with Gasteiger partial charge in [-0.15, -0.1) is 0 Å². The Labute approximate surface area is 204 Å². The van der Waals surface area contributed by atoms with Crippen molar-refractivity contribution in [3.8, 4) is 0 Å². The topological polar surface area (TPSA) is 104 Å². The number of carbonyl (C=O) groups excluding carboxylic acids is 1. The third kappa shape index (κ3) is 5.34. The van der Waals surface area contributed by atoms with E-state index in [0.717, 1.165) is 51.4 Å². The number of nitrogens with two attached hydrogens (primary N) is 1. The van der Waals surface area contributed by atoms with Crippen molar-refractivity contribution in [2.75, 3.05) is 17.2 Å². The second-order valence-electron chi connectivity index (χ2n) is 9.80. The molecule has 2 aliphatic rings. The van der Waals surface area contributed by atoms with E-state index in [1.807, 2.05) is 18.7 Å². The van der Waals surface area contributed by atoms with Crippen LogP contribution in [0.25, 0.3) is 0 Å². The van der Waals surface area contributed by atoms with Crippen LogP contribution in [-0.4, -0.2) is 39.0 Å². The summed E-state index contributed by atoms with van der Waals surface area (Å²) in [5, 5.41) is 0. The zero-order chi connectivity index (χ0) is 25.1. The molecule has 0 spiro atoms. The lowest BCUT2D eigenvalue weighted by Gasteiger charge is -2.34. The highest BCUT2D eigenvalue weighted by molar-refractivity contribution is 5.97. The molecule has 3 N–H and O–H groups in total. The summed E-state index contributed by atoms with van der Waals surface area (Å²) in [4.78, 5) is 45.3. The first-order valence-electron chi connectivity index (χ1n) is 12.8. The molecule has 2 aliphatic carbocycles. The normalized spacial score (nSPS) is 17.1. The van der Waals surface area contributed by atoms with Crippen molar-refractivity contribution in [3.63, 3.8) is 0 Å². The number of unbranched alkanes of at least 4 members (excludes halogenated alkanes) is 1. The van der Waals surface area contributed by atoms with Crippen LogP contribution in [0.15, 0.2) is 33.9 Å². The Morgan fingerprint density at radius 3 is 2.49 bits per heavy atom. The number of amides is 1. The highest BCUT2D eigenvalue weighted by atomic mass is 19.1. The Hall–Kier alpha value is -2.94. The predicted molar refractivity (Wildman–Crippen MR) is 135 cm³/mol. The number of H-pyrrole nitrogens is 1. The van der Waals surface area contributed by atoms with E-state index in [0.29, 0.717) is 12.1 Å². The lowest BCUT2D eigenvalue weighted by Crippen LogP contribution is -2.49. The summed E-state index contributed by atoms with van der Waals surface area (Å²) in [6.45, 7) is 4.33. The molecule has 0 saturated heterocycles. The standard InChI is InChI=1S/C26H36FN5O3/c1-3-4-15-30-24(28)23(25(34)29-26(30)35)32(19-9-5-6-10-19)22(33)16-31(18-13-14-18)17(2)20-11-7-8-12-21(20)27/h7-8,11-12,17-19H,3-6,9-10,13-16,28H2,1-2H3,(H,29,34,35). The largest absolute Gasteiger partial charge is 0.383 e. The van der Waals surface area contributed by atoms with Crippen LogP contribution in [0, 0.1) is 5.82 Å². The second-order valence-corrected chi connectivity index (χ2v) is 9.80. The number of hydrogen-bond donors (Lipinski definition) is 2. The molecule has 190 valence electrons. The van der Waals surface area contributed by atoms with Gasteiger partial charge >= 0.3 is 5.69 Å². The van der Waals surface area contributed by atoms with E-state index < -0.39 is 11.2 Å². The number of nitrogens with one attached hydrogen (secondary N) is 1. The molecule has 0 radical (unpaired) electrons. The Kier molecular flexibility index (Phi) is 7.74. The van der Waals surface area contributed by atoms with Gasteiger partial charge in [-0.25, -0.2) is 9.18 Å². The number of aromatic nitrogens is 2. The molecule has 4 rings (SSSR count). The Bertz CT molecular complexity index is 1170. The molecular weight excluding hydrogens is 449 g/mol. The maximum atomic E-state index is 14.6. The van der Waals surface area contributed by atoms with Crippen LogP contribution in [0.4, 0.5) is 15.9 Å². The van der Waals surface area contributed by atoms with Crippen molar-refractivity contribution in [1.29, 1.82) is 0 Å². The first kappa shape index (κ1) is 25.2. The number of benzene rings is 1. The van der Waals surface area contributed by atoms with Gasteiger partial charge < -0.3 is 10.6 Å². The van der Waals surface area contributed by atoms with E-state index in [4.69, 9.17) is 5.73 Å². The van der Waals surface area contributed by atoms with Crippen LogP contribution in [0.1, 0.15) is 76.8 Å². The van der Waals surface area contributed by atoms with E-state index in [2.05, 4.69) is 4.98 Å². The van der Waals surface area contributed by atoms with Gasteiger partial charge in [0.15, 0.2) is 5.69 Å². The summed E-state index contributed by atoms with van der Waals surface area (Å²) in [6.07, 6.45) is 6.92. The smallest absolute Gasteiger partial charge is 0.330 e. The maximum absolute atomic E-state index is 14.6. The minimum Gasteiger partial charge on any atom is -0.383 e. The zero-order valence-electron chi connectivity index (χ0n) is 20.6. The van der Waals surface area contributed by atoms with E-state index >= 15 is 0 Å². The van der Waals surface area contributed by atoms with E-state index in [-0.39, 0.29) is 47.9 Å². The fraction of sp³-hybridized carbons (Fsp3) is 0.577. The van der Waals surface area contributed by atoms with Crippen LogP contribution >= 0.6 is 0 Å². The summed E-state index contributed by atoms with van der Waals surface area (Å²) >= 11 is 0. The zero-order valence-corrected chi connectivity index (χ0v) is 20.6. The number of carbonyl (C=O) groups is 1. The molecule has 1 atom stereocenters. The highest BCUT2D eigenvalue weighted by Crippen LogP contribution is 2.36. The van der Waals surface area contributed by atoms with E-state index in [1.54, 1.807) is 18.2 Å². The lowest BCUT2D eigenvalue weighted by molar-refractivity contribution is -0.121. The first-order chi connectivity index (χ1) is 16.8. The molecule has 1 amide bonds. The molecule has 0 bridgehead atoms. The Balaban J connectivity index is 1.70. The number of aromatic amines is 1. The fourth-order valence-corrected chi connectivity index (χ4v) is 5.24. The van der Waals surface area contributed by atoms with Crippen molar-refractivity contribution in [2.45, 2.75) is 89.9 Å². The third-order valence-electron chi connectivity index (χ3n) is 7.34. The highest BCUT2D eigenvalue weighted by Gasteiger charge is 2.38. The molecule has 8 nitrogen and oxygen atoms in total. The van der Waals surface area contributed by atoms with Crippen LogP contribution in [0.3, 0.4) is 0 Å². The average Bonchev–Trinajstić information content (AvgIpc) is 3.53. The number of rotatable bonds is 10. The van der Waals surface area contributed by atoms with Crippen molar-refractivity contribution in [2.24, 2.45) is 0 Å². The van der Waals surface area contributed by atoms with Crippen molar-refractivity contribution in [3.05, 3.63) is 56.5 Å². The predicted octanol–water partition coefficient (Wildman–Crippen LogP) is 3.56. The Morgan fingerprint density at radius 1 is 1.17 bits per heavy atom. The minimum absolute atomic E-state index is 0.0348. The Morgan fingerprint density at radius 2 is 1.86 bits per heavy atom. The van der Waals surface area contributed by atoms with Gasteiger partial charge in [0.2, 0.25) is 5.91 Å².